The minimum atomic E-state index is -0.483. The first-order valence-corrected chi connectivity index (χ1v) is 7.44. The zero-order valence-corrected chi connectivity index (χ0v) is 13.2. The zero-order valence-electron chi connectivity index (χ0n) is 10.9. The molecule has 0 aliphatic heterocycles. The lowest BCUT2D eigenvalue weighted by atomic mass is 10.3. The number of esters is 1. The molecule has 0 amide bonds. The summed E-state index contributed by atoms with van der Waals surface area (Å²) in [5.74, 6) is 0.411. The molecule has 1 aromatic carbocycles. The highest BCUT2D eigenvalue weighted by molar-refractivity contribution is 7.99. The molecular weight excluding hydrogens is 319 g/mol. The molecule has 20 heavy (non-hydrogen) atoms. The van der Waals surface area contributed by atoms with Crippen molar-refractivity contribution in [3.05, 3.63) is 51.9 Å². The van der Waals surface area contributed by atoms with Crippen LogP contribution in [0.2, 0.25) is 10.0 Å². The van der Waals surface area contributed by atoms with Gasteiger partial charge in [-0.1, -0.05) is 23.2 Å². The first kappa shape index (κ1) is 15.3. The summed E-state index contributed by atoms with van der Waals surface area (Å²) in [6, 6.07) is 8.81. The Bertz CT molecular complexity index is 625. The monoisotopic (exact) mass is 330 g/mol. The zero-order chi connectivity index (χ0) is 14.7. The van der Waals surface area contributed by atoms with Crippen LogP contribution < -0.4 is 0 Å². The number of hydrogen-bond acceptors (Lipinski definition) is 4. The van der Waals surface area contributed by atoms with E-state index < -0.39 is 5.97 Å². The minimum absolute atomic E-state index is 0.0330. The fraction of sp³-hybridized carbons (Fsp3) is 0.214. The third kappa shape index (κ3) is 3.51. The average Bonchev–Trinajstić information content (AvgIpc) is 2.92. The molecule has 1 aromatic heterocycles. The highest BCUT2D eigenvalue weighted by Gasteiger charge is 2.16. The number of thioether (sulfide) groups is 1. The summed E-state index contributed by atoms with van der Waals surface area (Å²) >= 11 is 13.4. The van der Waals surface area contributed by atoms with Gasteiger partial charge in [-0.2, -0.15) is 0 Å². The van der Waals surface area contributed by atoms with E-state index in [1.54, 1.807) is 36.0 Å². The minimum Gasteiger partial charge on any atom is -0.463 e. The number of benzene rings is 1. The topological polar surface area (TPSA) is 39.4 Å². The fourth-order valence-electron chi connectivity index (χ4n) is 1.59. The molecular formula is C14H12Cl2O3S. The summed E-state index contributed by atoms with van der Waals surface area (Å²) in [5.41, 5.74) is 0. The SMILES string of the molecule is COC(=O)c1ccc(C(C)Sc2ccc(Cl)c(Cl)c2)o1. The molecule has 0 bridgehead atoms. The van der Waals surface area contributed by atoms with Crippen LogP contribution in [0.25, 0.3) is 0 Å². The lowest BCUT2D eigenvalue weighted by Gasteiger charge is -2.09. The van der Waals surface area contributed by atoms with E-state index in [-0.39, 0.29) is 11.0 Å². The van der Waals surface area contributed by atoms with Gasteiger partial charge in [0, 0.05) is 4.90 Å². The van der Waals surface area contributed by atoms with Crippen LogP contribution in [0.1, 0.15) is 28.5 Å². The summed E-state index contributed by atoms with van der Waals surface area (Å²) in [4.78, 5) is 12.3. The van der Waals surface area contributed by atoms with Gasteiger partial charge in [-0.05, 0) is 37.3 Å². The van der Waals surface area contributed by atoms with Crippen LogP contribution in [-0.4, -0.2) is 13.1 Å². The summed E-state index contributed by atoms with van der Waals surface area (Å²) < 4.78 is 10.1. The molecule has 0 saturated carbocycles. The van der Waals surface area contributed by atoms with Crippen LogP contribution in [0.5, 0.6) is 0 Å². The van der Waals surface area contributed by atoms with E-state index >= 15 is 0 Å². The van der Waals surface area contributed by atoms with Gasteiger partial charge in [-0.3, -0.25) is 0 Å². The van der Waals surface area contributed by atoms with Gasteiger partial charge < -0.3 is 9.15 Å². The molecule has 1 heterocycles. The Balaban J connectivity index is 2.11. The van der Waals surface area contributed by atoms with Gasteiger partial charge in [0.25, 0.3) is 0 Å². The molecule has 0 N–H and O–H groups in total. The van der Waals surface area contributed by atoms with E-state index in [0.29, 0.717) is 15.8 Å². The number of methoxy groups -OCH3 is 1. The second-order valence-electron chi connectivity index (χ2n) is 4.03. The first-order chi connectivity index (χ1) is 9.51. The van der Waals surface area contributed by atoms with Crippen molar-refractivity contribution < 1.29 is 13.9 Å². The largest absolute Gasteiger partial charge is 0.463 e. The second kappa shape index (κ2) is 6.57. The maximum Gasteiger partial charge on any atom is 0.373 e. The van der Waals surface area contributed by atoms with Crippen molar-refractivity contribution in [1.29, 1.82) is 0 Å². The van der Waals surface area contributed by atoms with Gasteiger partial charge in [0.1, 0.15) is 5.76 Å². The van der Waals surface area contributed by atoms with E-state index in [2.05, 4.69) is 4.74 Å². The molecule has 0 radical (unpaired) electrons. The summed E-state index contributed by atoms with van der Waals surface area (Å²) in [6.45, 7) is 1.98. The normalized spacial score (nSPS) is 12.2. The number of rotatable bonds is 4. The molecule has 6 heteroatoms. The number of furan rings is 1. The third-order valence-corrected chi connectivity index (χ3v) is 4.47. The van der Waals surface area contributed by atoms with Gasteiger partial charge in [0.15, 0.2) is 0 Å². The van der Waals surface area contributed by atoms with Crippen LogP contribution in [0, 0.1) is 0 Å². The maximum atomic E-state index is 11.3. The van der Waals surface area contributed by atoms with Gasteiger partial charge in [0.05, 0.1) is 22.4 Å². The van der Waals surface area contributed by atoms with Crippen molar-refractivity contribution in [3.8, 4) is 0 Å². The molecule has 1 unspecified atom stereocenters. The lowest BCUT2D eigenvalue weighted by molar-refractivity contribution is 0.0563. The van der Waals surface area contributed by atoms with E-state index in [0.717, 1.165) is 4.90 Å². The van der Waals surface area contributed by atoms with Crippen LogP contribution in [0.15, 0.2) is 39.6 Å². The number of hydrogen-bond donors (Lipinski definition) is 0. The molecule has 1 atom stereocenters. The molecule has 3 nitrogen and oxygen atoms in total. The Morgan fingerprint density at radius 3 is 2.65 bits per heavy atom. The van der Waals surface area contributed by atoms with Crippen molar-refractivity contribution in [3.63, 3.8) is 0 Å². The Kier molecular flexibility index (Phi) is 5.02. The number of halogens is 2. The highest BCUT2D eigenvalue weighted by Crippen LogP contribution is 2.37. The van der Waals surface area contributed by atoms with E-state index in [9.17, 15) is 4.79 Å². The van der Waals surface area contributed by atoms with Gasteiger partial charge in [-0.15, -0.1) is 11.8 Å². The summed E-state index contributed by atoms with van der Waals surface area (Å²) in [5, 5.41) is 1.07. The Hall–Kier alpha value is -1.10. The molecule has 0 spiro atoms. The van der Waals surface area contributed by atoms with Crippen LogP contribution in [0.4, 0.5) is 0 Å². The second-order valence-corrected chi connectivity index (χ2v) is 6.26. The Labute approximate surface area is 131 Å². The van der Waals surface area contributed by atoms with E-state index in [4.69, 9.17) is 27.6 Å². The molecule has 2 aromatic rings. The van der Waals surface area contributed by atoms with Gasteiger partial charge in [0.2, 0.25) is 5.76 Å². The molecule has 2 rings (SSSR count). The molecule has 0 aliphatic carbocycles. The average molecular weight is 331 g/mol. The lowest BCUT2D eigenvalue weighted by Crippen LogP contribution is -1.98. The highest BCUT2D eigenvalue weighted by atomic mass is 35.5. The van der Waals surface area contributed by atoms with Crippen LogP contribution >= 0.6 is 35.0 Å². The van der Waals surface area contributed by atoms with Crippen molar-refractivity contribution in [1.82, 2.24) is 0 Å². The molecule has 106 valence electrons. The molecule has 0 fully saturated rings. The summed E-state index contributed by atoms with van der Waals surface area (Å²) in [7, 11) is 1.32. The van der Waals surface area contributed by atoms with Crippen molar-refractivity contribution in [2.24, 2.45) is 0 Å². The van der Waals surface area contributed by atoms with Gasteiger partial charge >= 0.3 is 5.97 Å². The predicted molar refractivity (Wildman–Crippen MR) is 80.8 cm³/mol. The number of carbonyl (C=O) groups excluding carboxylic acids is 1. The van der Waals surface area contributed by atoms with Gasteiger partial charge in [-0.25, -0.2) is 4.79 Å². The van der Waals surface area contributed by atoms with Crippen molar-refractivity contribution in [2.75, 3.05) is 7.11 Å². The smallest absolute Gasteiger partial charge is 0.373 e. The van der Waals surface area contributed by atoms with E-state index in [1.807, 2.05) is 13.0 Å². The quantitative estimate of drug-likeness (QED) is 0.568. The van der Waals surface area contributed by atoms with E-state index in [1.165, 1.54) is 7.11 Å². The third-order valence-electron chi connectivity index (χ3n) is 2.62. The number of ether oxygens (including phenoxy) is 1. The van der Waals surface area contributed by atoms with Crippen molar-refractivity contribution in [2.45, 2.75) is 17.1 Å². The van der Waals surface area contributed by atoms with Crippen LogP contribution in [0.3, 0.4) is 0 Å². The van der Waals surface area contributed by atoms with Crippen molar-refractivity contribution >= 4 is 40.9 Å². The first-order valence-electron chi connectivity index (χ1n) is 5.81. The number of carbonyl (C=O) groups is 1. The molecule has 0 saturated heterocycles. The Morgan fingerprint density at radius 2 is 2.00 bits per heavy atom. The standard InChI is InChI=1S/C14H12Cl2O3S/c1-8(12-5-6-13(19-12)14(17)18-2)20-9-3-4-10(15)11(16)7-9/h3-8H,1-2H3. The predicted octanol–water partition coefficient (Wildman–Crippen LogP) is 5.23. The Morgan fingerprint density at radius 1 is 1.25 bits per heavy atom. The molecule has 0 aliphatic rings. The maximum absolute atomic E-state index is 11.3. The van der Waals surface area contributed by atoms with Crippen LogP contribution in [-0.2, 0) is 4.74 Å². The summed E-state index contributed by atoms with van der Waals surface area (Å²) in [6.07, 6.45) is 0. The fourth-order valence-corrected chi connectivity index (χ4v) is 2.94.